The number of hydrogen-bond donors (Lipinski definition) is 1. The number of guanidine groups is 3. The smallest absolute Gasteiger partial charge is 0.254 e. The zero-order valence-electron chi connectivity index (χ0n) is 16.0. The van der Waals surface area contributed by atoms with Crippen LogP contribution in [0.3, 0.4) is 0 Å². The van der Waals surface area contributed by atoms with Crippen LogP contribution < -0.4 is 14.9 Å². The molecule has 1 N–H and O–H groups in total. The number of fused-ring (bicyclic) bond motifs is 2. The largest absolute Gasteiger partial charge is 0.454 e. The van der Waals surface area contributed by atoms with Crippen LogP contribution in [0.4, 0.5) is 0 Å². The molecule has 0 saturated carbocycles. The van der Waals surface area contributed by atoms with Gasteiger partial charge < -0.3 is 19.3 Å². The highest BCUT2D eigenvalue weighted by Crippen LogP contribution is 2.41. The summed E-state index contributed by atoms with van der Waals surface area (Å²) < 4.78 is 12.0. The number of aliphatic imine (C=N–C) groups is 2. The first-order valence-electron chi connectivity index (χ1n) is 10.2. The number of ether oxygens (including phenoxy) is 2. The van der Waals surface area contributed by atoms with Crippen molar-refractivity contribution in [3.8, 4) is 11.5 Å². The predicted octanol–water partition coefficient (Wildman–Crippen LogP) is 2.27. The third-order valence-corrected chi connectivity index (χ3v) is 6.63. The van der Waals surface area contributed by atoms with E-state index in [2.05, 4.69) is 41.2 Å². The van der Waals surface area contributed by atoms with Crippen LogP contribution in [0.5, 0.6) is 11.5 Å². The van der Waals surface area contributed by atoms with Gasteiger partial charge in [0, 0.05) is 36.2 Å². The van der Waals surface area contributed by atoms with Crippen molar-refractivity contribution in [2.75, 3.05) is 33.0 Å². The Kier molecular flexibility index (Phi) is 4.07. The molecular weight excluding hydrogens is 438 g/mol. The molecule has 1 aromatic carbocycles. The zero-order valence-corrected chi connectivity index (χ0v) is 17.6. The Morgan fingerprint density at radius 3 is 2.34 bits per heavy atom. The summed E-state index contributed by atoms with van der Waals surface area (Å²) in [6, 6.07) is 3.96. The lowest BCUT2D eigenvalue weighted by molar-refractivity contribution is 0.174. The minimum atomic E-state index is -0.211. The Morgan fingerprint density at radius 1 is 0.897 bits per heavy atom. The van der Waals surface area contributed by atoms with E-state index in [0.717, 1.165) is 59.6 Å². The summed E-state index contributed by atoms with van der Waals surface area (Å²) in [4.78, 5) is 16.5. The van der Waals surface area contributed by atoms with E-state index in [4.69, 9.17) is 19.5 Å². The molecule has 0 radical (unpaired) electrons. The molecule has 9 nitrogen and oxygen atoms in total. The van der Waals surface area contributed by atoms with Crippen LogP contribution in [0.25, 0.3) is 0 Å². The van der Waals surface area contributed by atoms with Gasteiger partial charge in [0.25, 0.3) is 5.96 Å². The molecule has 10 heteroatoms. The number of halogens is 1. The summed E-state index contributed by atoms with van der Waals surface area (Å²) in [7, 11) is 0. The molecule has 29 heavy (non-hydrogen) atoms. The van der Waals surface area contributed by atoms with Crippen LogP contribution in [0.1, 0.15) is 37.4 Å². The SMILES string of the molecule is Brc1cc2c(cc1C1NN=C3N=C(N4CCCC4)N=C(N4CCCC4)N31)OCO2. The number of rotatable bonds is 1. The van der Waals surface area contributed by atoms with Gasteiger partial charge in [-0.1, -0.05) is 15.9 Å². The van der Waals surface area contributed by atoms with Crippen LogP contribution in [-0.2, 0) is 0 Å². The summed E-state index contributed by atoms with van der Waals surface area (Å²) in [6.07, 6.45) is 4.53. The van der Waals surface area contributed by atoms with Crippen LogP contribution >= 0.6 is 15.9 Å². The van der Waals surface area contributed by atoms with Crippen molar-refractivity contribution in [1.82, 2.24) is 20.1 Å². The van der Waals surface area contributed by atoms with Crippen LogP contribution in [-0.4, -0.2) is 65.6 Å². The Balaban J connectivity index is 1.39. The lowest BCUT2D eigenvalue weighted by Crippen LogP contribution is -2.50. The second-order valence-electron chi connectivity index (χ2n) is 7.75. The first-order valence-corrected chi connectivity index (χ1v) is 11.0. The van der Waals surface area contributed by atoms with Crippen molar-refractivity contribution in [2.24, 2.45) is 15.1 Å². The van der Waals surface area contributed by atoms with E-state index < -0.39 is 0 Å². The van der Waals surface area contributed by atoms with E-state index in [-0.39, 0.29) is 13.0 Å². The van der Waals surface area contributed by atoms with Crippen LogP contribution in [0.2, 0.25) is 0 Å². The highest BCUT2D eigenvalue weighted by atomic mass is 79.9. The van der Waals surface area contributed by atoms with E-state index in [1.807, 2.05) is 12.1 Å². The molecule has 0 spiro atoms. The van der Waals surface area contributed by atoms with E-state index >= 15 is 0 Å². The molecule has 0 aromatic heterocycles. The topological polar surface area (TPSA) is 77.3 Å². The summed E-state index contributed by atoms with van der Waals surface area (Å²) in [6.45, 7) is 4.27. The molecule has 5 aliphatic heterocycles. The second kappa shape index (κ2) is 6.79. The first kappa shape index (κ1) is 17.4. The average molecular weight is 460 g/mol. The summed E-state index contributed by atoms with van der Waals surface area (Å²) in [5.74, 6) is 3.88. The molecule has 6 rings (SSSR count). The van der Waals surface area contributed by atoms with Gasteiger partial charge in [0.05, 0.1) is 0 Å². The minimum Gasteiger partial charge on any atom is -0.454 e. The highest BCUT2D eigenvalue weighted by molar-refractivity contribution is 9.10. The predicted molar refractivity (Wildman–Crippen MR) is 112 cm³/mol. The molecule has 0 aliphatic carbocycles. The fourth-order valence-electron chi connectivity index (χ4n) is 4.44. The Hall–Kier alpha value is -2.49. The monoisotopic (exact) mass is 459 g/mol. The van der Waals surface area contributed by atoms with Crippen LogP contribution in [0.15, 0.2) is 31.7 Å². The fraction of sp³-hybridized carbons (Fsp3) is 0.526. The number of likely N-dealkylation sites (tertiary alicyclic amines) is 2. The lowest BCUT2D eigenvalue weighted by Gasteiger charge is -2.35. The summed E-state index contributed by atoms with van der Waals surface area (Å²) in [5.41, 5.74) is 4.28. The van der Waals surface area contributed by atoms with Gasteiger partial charge in [0.15, 0.2) is 17.7 Å². The van der Waals surface area contributed by atoms with Crippen molar-refractivity contribution in [1.29, 1.82) is 0 Å². The number of nitrogens with one attached hydrogen (secondary N) is 1. The maximum Gasteiger partial charge on any atom is 0.254 e. The molecule has 0 bridgehead atoms. The summed E-state index contributed by atoms with van der Waals surface area (Å²) >= 11 is 3.70. The van der Waals surface area contributed by atoms with Crippen molar-refractivity contribution < 1.29 is 9.47 Å². The number of nitrogens with zero attached hydrogens (tertiary/aromatic N) is 6. The van der Waals surface area contributed by atoms with E-state index in [0.29, 0.717) is 5.96 Å². The normalized spacial score (nSPS) is 25.1. The average Bonchev–Trinajstić information content (AvgIpc) is 3.53. The maximum absolute atomic E-state index is 5.60. The van der Waals surface area contributed by atoms with E-state index in [1.54, 1.807) is 0 Å². The third-order valence-electron chi connectivity index (χ3n) is 5.94. The molecule has 152 valence electrons. The highest BCUT2D eigenvalue weighted by Gasteiger charge is 2.41. The Bertz CT molecular complexity index is 935. The first-order chi connectivity index (χ1) is 14.3. The minimum absolute atomic E-state index is 0.211. The molecule has 2 fully saturated rings. The number of hydrogen-bond acceptors (Lipinski definition) is 9. The zero-order chi connectivity index (χ0) is 19.4. The molecule has 2 saturated heterocycles. The van der Waals surface area contributed by atoms with E-state index in [9.17, 15) is 0 Å². The van der Waals surface area contributed by atoms with Gasteiger partial charge in [-0.05, 0) is 37.8 Å². The third kappa shape index (κ3) is 2.84. The van der Waals surface area contributed by atoms with Gasteiger partial charge in [0.1, 0.15) is 0 Å². The second-order valence-corrected chi connectivity index (χ2v) is 8.61. The number of benzene rings is 1. The van der Waals surface area contributed by atoms with Crippen molar-refractivity contribution in [3.05, 3.63) is 22.2 Å². The van der Waals surface area contributed by atoms with Crippen molar-refractivity contribution in [2.45, 2.75) is 31.8 Å². The van der Waals surface area contributed by atoms with Gasteiger partial charge in [0.2, 0.25) is 18.7 Å². The molecule has 5 heterocycles. The van der Waals surface area contributed by atoms with Gasteiger partial charge >= 0.3 is 0 Å². The van der Waals surface area contributed by atoms with Gasteiger partial charge in [-0.15, -0.1) is 5.10 Å². The molecule has 1 aromatic rings. The quantitative estimate of drug-likeness (QED) is 0.693. The van der Waals surface area contributed by atoms with Gasteiger partial charge in [-0.2, -0.15) is 9.98 Å². The molecular formula is C19H22BrN7O2. The lowest BCUT2D eigenvalue weighted by atomic mass is 10.1. The van der Waals surface area contributed by atoms with Gasteiger partial charge in [-0.25, -0.2) is 0 Å². The van der Waals surface area contributed by atoms with Gasteiger partial charge in [-0.3, -0.25) is 10.3 Å². The Labute approximate surface area is 177 Å². The number of hydrazone groups is 1. The van der Waals surface area contributed by atoms with Crippen molar-refractivity contribution >= 4 is 33.8 Å². The Morgan fingerprint density at radius 2 is 1.59 bits per heavy atom. The molecule has 5 aliphatic rings. The van der Waals surface area contributed by atoms with E-state index in [1.165, 1.54) is 25.7 Å². The molecule has 0 amide bonds. The standard InChI is InChI=1S/C19H22BrN7O2/c20-13-10-15-14(28-11-29-15)9-12(13)16-23-24-18-21-17(25-5-1-2-6-25)22-19(27(16)18)26-7-3-4-8-26/h9-10,16,23H,1-8,11H2. The molecule has 1 atom stereocenters. The maximum atomic E-state index is 5.60. The summed E-state index contributed by atoms with van der Waals surface area (Å²) in [5, 5.41) is 4.57. The van der Waals surface area contributed by atoms with Crippen LogP contribution in [0, 0.1) is 0 Å². The van der Waals surface area contributed by atoms with Crippen molar-refractivity contribution in [3.63, 3.8) is 0 Å². The fourth-order valence-corrected chi connectivity index (χ4v) is 4.98. The molecule has 1 unspecified atom stereocenters.